The molecule has 0 atom stereocenters. The molecule has 0 radical (unpaired) electrons. The maximum Gasteiger partial charge on any atom is 0.348 e. The van der Waals surface area contributed by atoms with E-state index in [0.717, 1.165) is 0 Å². The van der Waals surface area contributed by atoms with E-state index in [-0.39, 0.29) is 5.82 Å². The summed E-state index contributed by atoms with van der Waals surface area (Å²) >= 11 is 1.24. The van der Waals surface area contributed by atoms with Crippen LogP contribution < -0.4 is 4.74 Å². The van der Waals surface area contributed by atoms with Crippen LogP contribution in [0, 0.1) is 19.7 Å². The van der Waals surface area contributed by atoms with Crippen LogP contribution in [0.2, 0.25) is 0 Å². The average molecular weight is 280 g/mol. The van der Waals surface area contributed by atoms with E-state index in [2.05, 4.69) is 4.74 Å². The Hall–Kier alpha value is -1.88. The summed E-state index contributed by atoms with van der Waals surface area (Å²) in [5.74, 6) is 0.467. The van der Waals surface area contributed by atoms with Crippen LogP contribution in [0.15, 0.2) is 23.6 Å². The predicted octanol–water partition coefficient (Wildman–Crippen LogP) is 4.08. The number of esters is 1. The van der Waals surface area contributed by atoms with Crippen molar-refractivity contribution in [2.75, 3.05) is 7.11 Å². The van der Waals surface area contributed by atoms with Gasteiger partial charge in [0.05, 0.1) is 7.11 Å². The number of benzene rings is 1. The Morgan fingerprint density at radius 3 is 2.42 bits per heavy atom. The van der Waals surface area contributed by atoms with Crippen molar-refractivity contribution < 1.29 is 18.7 Å². The lowest BCUT2D eigenvalue weighted by molar-refractivity contribution is 0.0606. The number of carbonyl (C=O) groups excluding carboxylic acids is 1. The van der Waals surface area contributed by atoms with Crippen molar-refractivity contribution >= 4 is 17.3 Å². The number of aryl methyl sites for hydroxylation is 2. The highest BCUT2D eigenvalue weighted by atomic mass is 32.1. The molecule has 0 aliphatic carbocycles. The van der Waals surface area contributed by atoms with E-state index in [9.17, 15) is 9.18 Å². The Kier molecular flexibility index (Phi) is 3.85. The zero-order valence-corrected chi connectivity index (χ0v) is 11.6. The molecule has 0 fully saturated rings. The molecule has 0 N–H and O–H groups in total. The zero-order valence-electron chi connectivity index (χ0n) is 10.8. The van der Waals surface area contributed by atoms with E-state index >= 15 is 0 Å². The molecule has 0 aliphatic heterocycles. The van der Waals surface area contributed by atoms with Crippen LogP contribution in [0.5, 0.6) is 11.5 Å². The van der Waals surface area contributed by atoms with Crippen LogP contribution in [0.1, 0.15) is 20.8 Å². The molecule has 0 bridgehead atoms. The summed E-state index contributed by atoms with van der Waals surface area (Å²) < 4.78 is 23.5. The standard InChI is InChI=1S/C14H13FO3S/c1-8-4-10(15)5-9(2)13(8)18-11-6-12(19-7-11)14(16)17-3/h4-7H,1-3H3. The molecule has 0 aliphatic rings. The summed E-state index contributed by atoms with van der Waals surface area (Å²) in [6, 6.07) is 4.44. The molecule has 0 saturated heterocycles. The van der Waals surface area contributed by atoms with E-state index in [0.29, 0.717) is 27.5 Å². The van der Waals surface area contributed by atoms with Crippen LogP contribution in [-0.4, -0.2) is 13.1 Å². The number of halogens is 1. The second-order valence-electron chi connectivity index (χ2n) is 4.11. The van der Waals surface area contributed by atoms with Crippen LogP contribution in [0.4, 0.5) is 4.39 Å². The Morgan fingerprint density at radius 2 is 1.84 bits per heavy atom. The molecule has 1 aromatic heterocycles. The number of ether oxygens (including phenoxy) is 2. The van der Waals surface area contributed by atoms with Gasteiger partial charge in [-0.25, -0.2) is 9.18 Å². The minimum atomic E-state index is -0.396. The summed E-state index contributed by atoms with van der Waals surface area (Å²) in [6.45, 7) is 3.55. The smallest absolute Gasteiger partial charge is 0.348 e. The molecule has 1 aromatic carbocycles. The SMILES string of the molecule is COC(=O)c1cc(Oc2c(C)cc(F)cc2C)cs1. The number of hydrogen-bond donors (Lipinski definition) is 0. The van der Waals surface area contributed by atoms with Crippen molar-refractivity contribution in [2.24, 2.45) is 0 Å². The van der Waals surface area contributed by atoms with Gasteiger partial charge in [-0.2, -0.15) is 0 Å². The molecule has 2 rings (SSSR count). The van der Waals surface area contributed by atoms with E-state index < -0.39 is 5.97 Å². The largest absolute Gasteiger partial charge is 0.465 e. The molecular formula is C14H13FO3S. The first-order chi connectivity index (χ1) is 9.01. The molecular weight excluding hydrogens is 267 g/mol. The molecule has 2 aromatic rings. The molecule has 0 saturated carbocycles. The fourth-order valence-corrected chi connectivity index (χ4v) is 2.48. The van der Waals surface area contributed by atoms with Gasteiger partial charge in [0.15, 0.2) is 0 Å². The van der Waals surface area contributed by atoms with Crippen molar-refractivity contribution in [1.29, 1.82) is 0 Å². The molecule has 3 nitrogen and oxygen atoms in total. The first-order valence-corrected chi connectivity index (χ1v) is 6.50. The minimum absolute atomic E-state index is 0.289. The van der Waals surface area contributed by atoms with Crippen molar-refractivity contribution in [3.05, 3.63) is 45.4 Å². The van der Waals surface area contributed by atoms with E-state index in [1.807, 2.05) is 0 Å². The van der Waals surface area contributed by atoms with E-state index in [4.69, 9.17) is 4.74 Å². The molecule has 0 spiro atoms. The van der Waals surface area contributed by atoms with Gasteiger partial charge in [-0.05, 0) is 37.1 Å². The van der Waals surface area contributed by atoms with Gasteiger partial charge in [0.25, 0.3) is 0 Å². The maximum atomic E-state index is 13.2. The topological polar surface area (TPSA) is 35.5 Å². The van der Waals surface area contributed by atoms with Gasteiger partial charge in [0.1, 0.15) is 22.2 Å². The van der Waals surface area contributed by atoms with Gasteiger partial charge < -0.3 is 9.47 Å². The van der Waals surface area contributed by atoms with Crippen molar-refractivity contribution in [3.8, 4) is 11.5 Å². The summed E-state index contributed by atoms with van der Waals surface area (Å²) in [6.07, 6.45) is 0. The number of rotatable bonds is 3. The number of methoxy groups -OCH3 is 1. The Bertz CT molecular complexity index is 596. The first-order valence-electron chi connectivity index (χ1n) is 5.62. The monoisotopic (exact) mass is 280 g/mol. The fourth-order valence-electron chi connectivity index (χ4n) is 1.76. The highest BCUT2D eigenvalue weighted by Crippen LogP contribution is 2.32. The van der Waals surface area contributed by atoms with Gasteiger partial charge in [-0.3, -0.25) is 0 Å². The van der Waals surface area contributed by atoms with Crippen molar-refractivity contribution in [2.45, 2.75) is 13.8 Å². The minimum Gasteiger partial charge on any atom is -0.465 e. The quantitative estimate of drug-likeness (QED) is 0.795. The second-order valence-corrected chi connectivity index (χ2v) is 5.02. The predicted molar refractivity (Wildman–Crippen MR) is 71.6 cm³/mol. The fraction of sp³-hybridized carbons (Fsp3) is 0.214. The van der Waals surface area contributed by atoms with Gasteiger partial charge in [-0.15, -0.1) is 11.3 Å². The zero-order chi connectivity index (χ0) is 14.0. The Balaban J connectivity index is 2.27. The number of hydrogen-bond acceptors (Lipinski definition) is 4. The summed E-state index contributed by atoms with van der Waals surface area (Å²) in [7, 11) is 1.33. The molecule has 100 valence electrons. The van der Waals surface area contributed by atoms with Crippen molar-refractivity contribution in [1.82, 2.24) is 0 Å². The van der Waals surface area contributed by atoms with E-state index in [1.54, 1.807) is 25.3 Å². The van der Waals surface area contributed by atoms with Crippen LogP contribution in [0.25, 0.3) is 0 Å². The van der Waals surface area contributed by atoms with Crippen LogP contribution >= 0.6 is 11.3 Å². The third kappa shape index (κ3) is 2.93. The van der Waals surface area contributed by atoms with Crippen molar-refractivity contribution in [3.63, 3.8) is 0 Å². The third-order valence-electron chi connectivity index (χ3n) is 2.61. The first kappa shape index (κ1) is 13.5. The number of carbonyl (C=O) groups is 1. The van der Waals surface area contributed by atoms with Gasteiger partial charge in [-0.1, -0.05) is 0 Å². The molecule has 19 heavy (non-hydrogen) atoms. The van der Waals surface area contributed by atoms with Crippen LogP contribution in [-0.2, 0) is 4.74 Å². The lowest BCUT2D eigenvalue weighted by Gasteiger charge is -2.10. The summed E-state index contributed by atoms with van der Waals surface area (Å²) in [5, 5.41) is 1.72. The lowest BCUT2D eigenvalue weighted by atomic mass is 10.1. The summed E-state index contributed by atoms with van der Waals surface area (Å²) in [4.78, 5) is 11.8. The summed E-state index contributed by atoms with van der Waals surface area (Å²) in [5.41, 5.74) is 1.42. The van der Waals surface area contributed by atoms with Crippen LogP contribution in [0.3, 0.4) is 0 Å². The van der Waals surface area contributed by atoms with Gasteiger partial charge in [0.2, 0.25) is 0 Å². The number of thiophene rings is 1. The highest BCUT2D eigenvalue weighted by Gasteiger charge is 2.12. The third-order valence-corrected chi connectivity index (χ3v) is 3.50. The molecule has 0 unspecified atom stereocenters. The van der Waals surface area contributed by atoms with E-state index in [1.165, 1.54) is 30.6 Å². The lowest BCUT2D eigenvalue weighted by Crippen LogP contribution is -1.97. The molecule has 5 heteroatoms. The normalized spacial score (nSPS) is 10.3. The molecule has 0 amide bonds. The Morgan fingerprint density at radius 1 is 1.21 bits per heavy atom. The Labute approximate surface area is 114 Å². The van der Waals surface area contributed by atoms with Gasteiger partial charge in [0, 0.05) is 11.4 Å². The maximum absolute atomic E-state index is 13.2. The highest BCUT2D eigenvalue weighted by molar-refractivity contribution is 7.12. The second kappa shape index (κ2) is 5.40. The average Bonchev–Trinajstić information content (AvgIpc) is 2.81. The van der Waals surface area contributed by atoms with Gasteiger partial charge >= 0.3 is 5.97 Å². The molecule has 1 heterocycles.